The molecule has 5 nitrogen and oxygen atoms in total. The van der Waals surface area contributed by atoms with Crippen molar-refractivity contribution in [3.05, 3.63) is 71.5 Å². The average Bonchev–Trinajstić information content (AvgIpc) is 3.32. The van der Waals surface area contributed by atoms with Gasteiger partial charge in [0, 0.05) is 43.4 Å². The van der Waals surface area contributed by atoms with Crippen LogP contribution in [0.3, 0.4) is 0 Å². The number of piperidine rings is 1. The summed E-state index contributed by atoms with van der Waals surface area (Å²) in [4.78, 5) is 18.0. The van der Waals surface area contributed by atoms with Crippen molar-refractivity contribution in [1.82, 2.24) is 19.0 Å². The minimum absolute atomic E-state index is 0.0298. The third kappa shape index (κ3) is 3.05. The van der Waals surface area contributed by atoms with E-state index in [2.05, 4.69) is 21.9 Å². The maximum Gasteiger partial charge on any atom is 0.272 e. The number of amides is 1. The van der Waals surface area contributed by atoms with Crippen molar-refractivity contribution >= 4 is 18.1 Å². The van der Waals surface area contributed by atoms with Crippen molar-refractivity contribution in [2.45, 2.75) is 18.9 Å². The molecule has 1 N–H and O–H groups in total. The Bertz CT molecular complexity index is 903. The summed E-state index contributed by atoms with van der Waals surface area (Å²) in [5.74, 6) is 0.0298. The number of carbonyl (C=O) groups excluding carboxylic acids is 1. The topological polar surface area (TPSA) is 46.0 Å². The summed E-state index contributed by atoms with van der Waals surface area (Å²) >= 11 is 5.38. The highest BCUT2D eigenvalue weighted by Gasteiger charge is 2.26. The van der Waals surface area contributed by atoms with Gasteiger partial charge in [-0.1, -0.05) is 18.2 Å². The van der Waals surface area contributed by atoms with Gasteiger partial charge in [0.15, 0.2) is 4.77 Å². The van der Waals surface area contributed by atoms with Crippen LogP contribution < -0.4 is 0 Å². The van der Waals surface area contributed by atoms with E-state index < -0.39 is 0 Å². The first kappa shape index (κ1) is 15.9. The number of imidazole rings is 1. The number of aromatic amines is 1. The SMILES string of the molecule is O=C(c1c[nH]c(=S)n1-c1ccccc1)N1CCC(n2cccc2)CC1. The molecule has 2 aromatic heterocycles. The van der Waals surface area contributed by atoms with Gasteiger partial charge >= 0.3 is 0 Å². The van der Waals surface area contributed by atoms with Crippen LogP contribution in [0, 0.1) is 4.77 Å². The van der Waals surface area contributed by atoms with Crippen LogP contribution in [0.2, 0.25) is 0 Å². The predicted octanol–water partition coefficient (Wildman–Crippen LogP) is 3.81. The van der Waals surface area contributed by atoms with E-state index in [1.807, 2.05) is 51.9 Å². The molecule has 1 aliphatic heterocycles. The van der Waals surface area contributed by atoms with Crippen LogP contribution in [0.15, 0.2) is 61.1 Å². The van der Waals surface area contributed by atoms with Gasteiger partial charge in [0.1, 0.15) is 5.69 Å². The Morgan fingerprint density at radius 3 is 2.40 bits per heavy atom. The van der Waals surface area contributed by atoms with E-state index in [0.717, 1.165) is 31.6 Å². The van der Waals surface area contributed by atoms with E-state index in [4.69, 9.17) is 12.2 Å². The standard InChI is InChI=1S/C19H20N4OS/c24-18(22-12-8-15(9-13-22)21-10-4-5-11-21)17-14-20-19(25)23(17)16-6-2-1-3-7-16/h1-7,10-11,14-15H,8-9,12-13H2,(H,20,25). The van der Waals surface area contributed by atoms with Gasteiger partial charge in [0.25, 0.3) is 5.91 Å². The number of carbonyl (C=O) groups is 1. The van der Waals surface area contributed by atoms with Crippen molar-refractivity contribution in [2.24, 2.45) is 0 Å². The Labute approximate surface area is 151 Å². The van der Waals surface area contributed by atoms with Gasteiger partial charge < -0.3 is 14.5 Å². The molecule has 6 heteroatoms. The normalized spacial score (nSPS) is 15.4. The molecule has 128 valence electrons. The van der Waals surface area contributed by atoms with Crippen LogP contribution in [0.4, 0.5) is 0 Å². The maximum absolute atomic E-state index is 13.0. The summed E-state index contributed by atoms with van der Waals surface area (Å²) in [6.07, 6.45) is 7.85. The van der Waals surface area contributed by atoms with Crippen LogP contribution in [0.5, 0.6) is 0 Å². The number of nitrogens with zero attached hydrogens (tertiary/aromatic N) is 3. The summed E-state index contributed by atoms with van der Waals surface area (Å²) in [6.45, 7) is 1.52. The molecule has 1 amide bonds. The first-order valence-corrected chi connectivity index (χ1v) is 8.92. The average molecular weight is 352 g/mol. The van der Waals surface area contributed by atoms with Crippen molar-refractivity contribution in [1.29, 1.82) is 0 Å². The highest BCUT2D eigenvalue weighted by Crippen LogP contribution is 2.24. The monoisotopic (exact) mass is 352 g/mol. The lowest BCUT2D eigenvalue weighted by Crippen LogP contribution is -2.39. The lowest BCUT2D eigenvalue weighted by Gasteiger charge is -2.32. The number of benzene rings is 1. The lowest BCUT2D eigenvalue weighted by molar-refractivity contribution is 0.0686. The zero-order valence-corrected chi connectivity index (χ0v) is 14.7. The zero-order chi connectivity index (χ0) is 17.2. The van der Waals surface area contributed by atoms with E-state index in [1.54, 1.807) is 6.20 Å². The van der Waals surface area contributed by atoms with Gasteiger partial charge in [-0.15, -0.1) is 0 Å². The van der Waals surface area contributed by atoms with E-state index in [0.29, 0.717) is 16.5 Å². The first-order chi connectivity index (χ1) is 12.2. The molecule has 0 unspecified atom stereocenters. The van der Waals surface area contributed by atoms with Crippen molar-refractivity contribution in [2.75, 3.05) is 13.1 Å². The Balaban J connectivity index is 1.54. The van der Waals surface area contributed by atoms with Crippen molar-refractivity contribution in [3.63, 3.8) is 0 Å². The summed E-state index contributed by atoms with van der Waals surface area (Å²) in [6, 6.07) is 14.3. The fourth-order valence-electron chi connectivity index (χ4n) is 3.48. The highest BCUT2D eigenvalue weighted by atomic mass is 32.1. The number of likely N-dealkylation sites (tertiary alicyclic amines) is 1. The summed E-state index contributed by atoms with van der Waals surface area (Å²) in [5.41, 5.74) is 1.50. The van der Waals surface area contributed by atoms with Crippen molar-refractivity contribution < 1.29 is 4.79 Å². The largest absolute Gasteiger partial charge is 0.351 e. The minimum atomic E-state index is 0.0298. The van der Waals surface area contributed by atoms with Crippen LogP contribution >= 0.6 is 12.2 Å². The maximum atomic E-state index is 13.0. The molecule has 0 bridgehead atoms. The van der Waals surface area contributed by atoms with Crippen LogP contribution in [0.25, 0.3) is 5.69 Å². The molecule has 3 heterocycles. The van der Waals surface area contributed by atoms with Gasteiger partial charge in [-0.3, -0.25) is 9.36 Å². The Morgan fingerprint density at radius 2 is 1.72 bits per heavy atom. The molecule has 0 radical (unpaired) electrons. The van der Waals surface area contributed by atoms with Crippen LogP contribution in [-0.2, 0) is 0 Å². The van der Waals surface area contributed by atoms with Gasteiger partial charge in [-0.05, 0) is 49.3 Å². The minimum Gasteiger partial charge on any atom is -0.351 e. The van der Waals surface area contributed by atoms with Gasteiger partial charge in [0.05, 0.1) is 0 Å². The Hall–Kier alpha value is -2.60. The second-order valence-electron chi connectivity index (χ2n) is 6.30. The number of rotatable bonds is 3. The smallest absolute Gasteiger partial charge is 0.272 e. The van der Waals surface area contributed by atoms with Gasteiger partial charge in [0.2, 0.25) is 0 Å². The first-order valence-electron chi connectivity index (χ1n) is 8.51. The summed E-state index contributed by atoms with van der Waals surface area (Å²) < 4.78 is 4.59. The molecule has 1 saturated heterocycles. The molecule has 0 aliphatic carbocycles. The molecule has 3 aromatic rings. The van der Waals surface area contributed by atoms with E-state index in [1.165, 1.54) is 0 Å². The summed E-state index contributed by atoms with van der Waals surface area (Å²) in [5, 5.41) is 0. The molecular weight excluding hydrogens is 332 g/mol. The molecule has 0 atom stereocenters. The number of aromatic nitrogens is 3. The molecule has 25 heavy (non-hydrogen) atoms. The molecule has 1 aliphatic rings. The molecule has 0 saturated carbocycles. The van der Waals surface area contributed by atoms with E-state index in [-0.39, 0.29) is 5.91 Å². The highest BCUT2D eigenvalue weighted by molar-refractivity contribution is 7.71. The Kier molecular flexibility index (Phi) is 4.28. The quantitative estimate of drug-likeness (QED) is 0.729. The number of para-hydroxylation sites is 1. The summed E-state index contributed by atoms with van der Waals surface area (Å²) in [7, 11) is 0. The van der Waals surface area contributed by atoms with Gasteiger partial charge in [-0.25, -0.2) is 0 Å². The fraction of sp³-hybridized carbons (Fsp3) is 0.263. The number of H-pyrrole nitrogens is 1. The van der Waals surface area contributed by atoms with Crippen LogP contribution in [-0.4, -0.2) is 38.0 Å². The third-order valence-electron chi connectivity index (χ3n) is 4.81. The van der Waals surface area contributed by atoms with Crippen LogP contribution in [0.1, 0.15) is 29.4 Å². The molecule has 4 rings (SSSR count). The predicted molar refractivity (Wildman–Crippen MR) is 99.6 cm³/mol. The zero-order valence-electron chi connectivity index (χ0n) is 13.8. The Morgan fingerprint density at radius 1 is 1.04 bits per heavy atom. The lowest BCUT2D eigenvalue weighted by atomic mass is 10.0. The number of hydrogen-bond acceptors (Lipinski definition) is 2. The van der Waals surface area contributed by atoms with E-state index >= 15 is 0 Å². The second kappa shape index (κ2) is 6.72. The molecular formula is C19H20N4OS. The fourth-order valence-corrected chi connectivity index (χ4v) is 3.74. The number of nitrogens with one attached hydrogen (secondary N) is 1. The van der Waals surface area contributed by atoms with Crippen molar-refractivity contribution in [3.8, 4) is 5.69 Å². The van der Waals surface area contributed by atoms with E-state index in [9.17, 15) is 4.79 Å². The molecule has 1 aromatic carbocycles. The molecule has 1 fully saturated rings. The number of hydrogen-bond donors (Lipinski definition) is 1. The third-order valence-corrected chi connectivity index (χ3v) is 5.11. The second-order valence-corrected chi connectivity index (χ2v) is 6.69. The van der Waals surface area contributed by atoms with Gasteiger partial charge in [-0.2, -0.15) is 0 Å². The molecule has 0 spiro atoms.